The molecule has 0 bridgehead atoms. The Bertz CT molecular complexity index is 875. The Morgan fingerprint density at radius 2 is 1.75 bits per heavy atom. The van der Waals surface area contributed by atoms with E-state index in [1.54, 1.807) is 0 Å². The van der Waals surface area contributed by atoms with Gasteiger partial charge in [0.25, 0.3) is 5.91 Å². The van der Waals surface area contributed by atoms with Crippen LogP contribution in [0.15, 0.2) is 18.2 Å². The summed E-state index contributed by atoms with van der Waals surface area (Å²) in [6.07, 6.45) is -3.57. The van der Waals surface area contributed by atoms with E-state index < -0.39 is 45.7 Å². The summed E-state index contributed by atoms with van der Waals surface area (Å²) in [7, 11) is 0. The number of esters is 1. The Labute approximate surface area is 190 Å². The molecule has 6 nitrogen and oxygen atoms in total. The Morgan fingerprint density at radius 1 is 1.16 bits per heavy atom. The summed E-state index contributed by atoms with van der Waals surface area (Å²) in [6, 6.07) is 2.96. The molecule has 1 aliphatic rings. The van der Waals surface area contributed by atoms with Crippen LogP contribution in [0.4, 0.5) is 18.9 Å². The average Bonchev–Trinajstić information content (AvgIpc) is 3.10. The van der Waals surface area contributed by atoms with Crippen LogP contribution < -0.4 is 10.6 Å². The van der Waals surface area contributed by atoms with Crippen molar-refractivity contribution in [1.82, 2.24) is 5.32 Å². The maximum absolute atomic E-state index is 13.0. The molecule has 10 heteroatoms. The second-order valence-corrected chi connectivity index (χ2v) is 9.60. The monoisotopic (exact) mass is 476 g/mol. The molecule has 0 aliphatic heterocycles. The predicted octanol–water partition coefficient (Wildman–Crippen LogP) is 5.09. The topological polar surface area (TPSA) is 84.5 Å². The van der Waals surface area contributed by atoms with Gasteiger partial charge in [-0.25, -0.2) is 0 Å². The molecule has 32 heavy (non-hydrogen) atoms. The summed E-state index contributed by atoms with van der Waals surface area (Å²) in [5.41, 5.74) is -2.69. The van der Waals surface area contributed by atoms with Crippen molar-refractivity contribution in [3.8, 4) is 0 Å². The first-order chi connectivity index (χ1) is 14.6. The minimum atomic E-state index is -4.68. The minimum Gasteiger partial charge on any atom is -0.452 e. The second-order valence-electron chi connectivity index (χ2n) is 9.19. The van der Waals surface area contributed by atoms with Crippen LogP contribution in [0.2, 0.25) is 5.02 Å². The average molecular weight is 477 g/mol. The SMILES string of the molecule is CC(OC(=O)C1(CC(=O)NC(C)(C)C)CCCC1)C(=O)Nc1ccc(Cl)c(C(F)(F)F)c1. The lowest BCUT2D eigenvalue weighted by atomic mass is 9.82. The molecule has 0 aromatic heterocycles. The van der Waals surface area contributed by atoms with Crippen LogP contribution >= 0.6 is 11.6 Å². The number of nitrogens with one attached hydrogen (secondary N) is 2. The molecule has 178 valence electrons. The fourth-order valence-electron chi connectivity index (χ4n) is 3.68. The summed E-state index contributed by atoms with van der Waals surface area (Å²) in [4.78, 5) is 37.8. The molecule has 2 rings (SSSR count). The number of hydrogen-bond acceptors (Lipinski definition) is 4. The molecule has 1 unspecified atom stereocenters. The maximum atomic E-state index is 13.0. The van der Waals surface area contributed by atoms with E-state index in [0.29, 0.717) is 18.9 Å². The number of anilines is 1. The van der Waals surface area contributed by atoms with Crippen molar-refractivity contribution < 1.29 is 32.3 Å². The Balaban J connectivity index is 2.07. The number of ether oxygens (including phenoxy) is 1. The largest absolute Gasteiger partial charge is 0.452 e. The zero-order chi connectivity index (χ0) is 24.3. The Morgan fingerprint density at radius 3 is 2.28 bits per heavy atom. The second kappa shape index (κ2) is 9.68. The minimum absolute atomic E-state index is 0.0520. The smallest absolute Gasteiger partial charge is 0.417 e. The van der Waals surface area contributed by atoms with Gasteiger partial charge in [0.1, 0.15) is 0 Å². The van der Waals surface area contributed by atoms with E-state index in [2.05, 4.69) is 10.6 Å². The molecule has 2 N–H and O–H groups in total. The lowest BCUT2D eigenvalue weighted by Crippen LogP contribution is -2.45. The summed E-state index contributed by atoms with van der Waals surface area (Å²) in [5.74, 6) is -1.73. The zero-order valence-electron chi connectivity index (χ0n) is 18.5. The Hall–Kier alpha value is -2.29. The molecule has 1 aromatic carbocycles. The summed E-state index contributed by atoms with van der Waals surface area (Å²) in [6.45, 7) is 6.82. The molecular formula is C22H28ClF3N2O4. The fourth-order valence-corrected chi connectivity index (χ4v) is 3.90. The maximum Gasteiger partial charge on any atom is 0.417 e. The molecule has 1 atom stereocenters. The molecule has 0 spiro atoms. The molecule has 0 radical (unpaired) electrons. The van der Waals surface area contributed by atoms with Gasteiger partial charge in [-0.2, -0.15) is 13.2 Å². The number of hydrogen-bond donors (Lipinski definition) is 2. The van der Waals surface area contributed by atoms with Gasteiger partial charge in [0.15, 0.2) is 6.10 Å². The number of benzene rings is 1. The molecular weight excluding hydrogens is 449 g/mol. The third kappa shape index (κ3) is 6.85. The molecule has 0 heterocycles. The van der Waals surface area contributed by atoms with Gasteiger partial charge in [-0.05, 0) is 58.7 Å². The van der Waals surface area contributed by atoms with E-state index in [1.807, 2.05) is 20.8 Å². The van der Waals surface area contributed by atoms with E-state index >= 15 is 0 Å². The molecule has 1 saturated carbocycles. The van der Waals surface area contributed by atoms with Crippen molar-refractivity contribution in [2.75, 3.05) is 5.32 Å². The first-order valence-corrected chi connectivity index (χ1v) is 10.7. The van der Waals surface area contributed by atoms with E-state index in [0.717, 1.165) is 18.9 Å². The summed E-state index contributed by atoms with van der Waals surface area (Å²) < 4.78 is 44.4. The Kier molecular flexibility index (Phi) is 7.86. The van der Waals surface area contributed by atoms with Crippen molar-refractivity contribution in [3.63, 3.8) is 0 Å². The van der Waals surface area contributed by atoms with Crippen LogP contribution in [0.5, 0.6) is 0 Å². The third-order valence-electron chi connectivity index (χ3n) is 5.20. The van der Waals surface area contributed by atoms with Crippen LogP contribution in [0.3, 0.4) is 0 Å². The lowest BCUT2D eigenvalue weighted by molar-refractivity contribution is -0.165. The summed E-state index contributed by atoms with van der Waals surface area (Å²) in [5, 5.41) is 4.64. The third-order valence-corrected chi connectivity index (χ3v) is 5.53. The first-order valence-electron chi connectivity index (χ1n) is 10.3. The van der Waals surface area contributed by atoms with Crippen molar-refractivity contribution in [2.24, 2.45) is 5.41 Å². The van der Waals surface area contributed by atoms with Crippen LogP contribution in [0.25, 0.3) is 0 Å². The van der Waals surface area contributed by atoms with Gasteiger partial charge >= 0.3 is 12.1 Å². The van der Waals surface area contributed by atoms with E-state index in [1.165, 1.54) is 13.0 Å². The number of carbonyl (C=O) groups is 3. The van der Waals surface area contributed by atoms with Crippen LogP contribution in [-0.4, -0.2) is 29.4 Å². The highest BCUT2D eigenvalue weighted by Crippen LogP contribution is 2.43. The molecule has 2 amide bonds. The van der Waals surface area contributed by atoms with Gasteiger partial charge in [-0.3, -0.25) is 14.4 Å². The quantitative estimate of drug-likeness (QED) is 0.560. The zero-order valence-corrected chi connectivity index (χ0v) is 19.2. The molecule has 1 aliphatic carbocycles. The van der Waals surface area contributed by atoms with Gasteiger partial charge in [0, 0.05) is 17.6 Å². The summed E-state index contributed by atoms with van der Waals surface area (Å²) >= 11 is 5.58. The molecule has 1 fully saturated rings. The van der Waals surface area contributed by atoms with E-state index in [4.69, 9.17) is 16.3 Å². The number of alkyl halides is 3. The van der Waals surface area contributed by atoms with Crippen molar-refractivity contribution >= 4 is 35.1 Å². The van der Waals surface area contributed by atoms with E-state index in [-0.39, 0.29) is 18.0 Å². The number of rotatable bonds is 6. The van der Waals surface area contributed by atoms with Crippen LogP contribution in [0.1, 0.15) is 65.4 Å². The highest BCUT2D eigenvalue weighted by atomic mass is 35.5. The number of carbonyl (C=O) groups excluding carboxylic acids is 3. The van der Waals surface area contributed by atoms with Crippen molar-refractivity contribution in [3.05, 3.63) is 28.8 Å². The number of halogens is 4. The van der Waals surface area contributed by atoms with Crippen molar-refractivity contribution in [1.29, 1.82) is 0 Å². The first kappa shape index (κ1) is 26.0. The van der Waals surface area contributed by atoms with Crippen molar-refractivity contribution in [2.45, 2.75) is 77.6 Å². The van der Waals surface area contributed by atoms with Gasteiger partial charge in [-0.1, -0.05) is 24.4 Å². The van der Waals surface area contributed by atoms with E-state index in [9.17, 15) is 27.6 Å². The highest BCUT2D eigenvalue weighted by Gasteiger charge is 2.45. The van der Waals surface area contributed by atoms with Gasteiger partial charge in [-0.15, -0.1) is 0 Å². The highest BCUT2D eigenvalue weighted by molar-refractivity contribution is 6.31. The standard InChI is InChI=1S/C22H28ClF3N2O4/c1-13(18(30)27-14-7-8-16(23)15(11-14)22(24,25)26)32-19(31)21(9-5-6-10-21)12-17(29)28-20(2,3)4/h7-8,11,13H,5-6,9-10,12H2,1-4H3,(H,27,30)(H,28,29). The van der Waals surface area contributed by atoms with Gasteiger partial charge in [0.05, 0.1) is 16.0 Å². The van der Waals surface area contributed by atoms with Crippen LogP contribution in [0, 0.1) is 5.41 Å². The van der Waals surface area contributed by atoms with Crippen LogP contribution in [-0.2, 0) is 25.3 Å². The number of amides is 2. The lowest BCUT2D eigenvalue weighted by Gasteiger charge is -2.29. The molecule has 1 aromatic rings. The molecule has 0 saturated heterocycles. The van der Waals surface area contributed by atoms with Gasteiger partial charge < -0.3 is 15.4 Å². The predicted molar refractivity (Wildman–Crippen MR) is 114 cm³/mol. The fraction of sp³-hybridized carbons (Fsp3) is 0.591. The van der Waals surface area contributed by atoms with Gasteiger partial charge in [0.2, 0.25) is 5.91 Å². The normalized spacial score (nSPS) is 16.9.